The van der Waals surface area contributed by atoms with Crippen molar-refractivity contribution < 1.29 is 0 Å². The van der Waals surface area contributed by atoms with Crippen molar-refractivity contribution in [3.63, 3.8) is 0 Å². The molecule has 0 amide bonds. The fourth-order valence-electron chi connectivity index (χ4n) is 5.78. The number of hydrogen-bond donors (Lipinski definition) is 1. The van der Waals surface area contributed by atoms with Gasteiger partial charge in [-0.2, -0.15) is 0 Å². The van der Waals surface area contributed by atoms with E-state index in [4.69, 9.17) is 5.73 Å². The number of rotatable bonds is 3. The van der Waals surface area contributed by atoms with Gasteiger partial charge in [0.2, 0.25) is 0 Å². The highest BCUT2D eigenvalue weighted by Crippen LogP contribution is 2.60. The van der Waals surface area contributed by atoms with Crippen LogP contribution in [0.15, 0.2) is 0 Å². The second kappa shape index (κ2) is 4.06. The van der Waals surface area contributed by atoms with Crippen LogP contribution in [0.3, 0.4) is 0 Å². The Kier molecular flexibility index (Phi) is 2.38. The fraction of sp³-hybridized carbons (Fsp3) is 0.875. The van der Waals surface area contributed by atoms with Gasteiger partial charge in [-0.1, -0.05) is 0 Å². The van der Waals surface area contributed by atoms with E-state index in [1.807, 2.05) is 0 Å². The lowest BCUT2D eigenvalue weighted by Crippen LogP contribution is -2.44. The van der Waals surface area contributed by atoms with Crippen molar-refractivity contribution in [2.24, 2.45) is 29.4 Å². The van der Waals surface area contributed by atoms with Crippen LogP contribution in [0.25, 0.3) is 0 Å². The zero-order chi connectivity index (χ0) is 13.3. The third-order valence-corrected chi connectivity index (χ3v) is 6.41. The quantitative estimate of drug-likeness (QED) is 0.920. The Hall–Kier alpha value is -0.900. The van der Waals surface area contributed by atoms with E-state index in [-0.39, 0.29) is 0 Å². The fourth-order valence-corrected chi connectivity index (χ4v) is 5.78. The third-order valence-electron chi connectivity index (χ3n) is 6.41. The van der Waals surface area contributed by atoms with Crippen molar-refractivity contribution in [2.75, 3.05) is 0 Å². The van der Waals surface area contributed by atoms with Gasteiger partial charge in [0.25, 0.3) is 0 Å². The first-order valence-electron chi connectivity index (χ1n) is 8.47. The Bertz CT molecular complexity index is 503. The lowest BCUT2D eigenvalue weighted by molar-refractivity contribution is -0.00694. The van der Waals surface area contributed by atoms with Gasteiger partial charge in [-0.15, -0.1) is 10.2 Å². The maximum Gasteiger partial charge on any atom is 0.147 e. The average Bonchev–Trinajstić information content (AvgIpc) is 3.18. The SMILES string of the molecule is NCc1nnc(C2C3CC4CC(C3)CC2C4)n1C1CC1. The summed E-state index contributed by atoms with van der Waals surface area (Å²) in [5.41, 5.74) is 5.88. The Morgan fingerprint density at radius 1 is 0.950 bits per heavy atom. The highest BCUT2D eigenvalue weighted by molar-refractivity contribution is 5.15. The van der Waals surface area contributed by atoms with E-state index in [1.165, 1.54) is 50.8 Å². The molecular formula is C16H24N4. The van der Waals surface area contributed by atoms with E-state index in [9.17, 15) is 0 Å². The molecule has 4 bridgehead atoms. The molecule has 5 fully saturated rings. The van der Waals surface area contributed by atoms with Crippen molar-refractivity contribution in [3.05, 3.63) is 11.6 Å². The standard InChI is InChI=1S/C16H24N4/c17-8-14-18-19-16(20(14)13-1-2-13)15-11-4-9-3-10(6-11)7-12(15)5-9/h9-13,15H,1-8,17H2. The van der Waals surface area contributed by atoms with E-state index >= 15 is 0 Å². The predicted molar refractivity (Wildman–Crippen MR) is 76.0 cm³/mol. The molecule has 0 spiro atoms. The minimum atomic E-state index is 0.538. The van der Waals surface area contributed by atoms with Gasteiger partial charge in [-0.3, -0.25) is 0 Å². The van der Waals surface area contributed by atoms with E-state index in [0.29, 0.717) is 18.5 Å². The monoisotopic (exact) mass is 272 g/mol. The summed E-state index contributed by atoms with van der Waals surface area (Å²) in [4.78, 5) is 0. The number of hydrogen-bond acceptors (Lipinski definition) is 3. The molecule has 2 N–H and O–H groups in total. The van der Waals surface area contributed by atoms with Crippen LogP contribution < -0.4 is 5.73 Å². The summed E-state index contributed by atoms with van der Waals surface area (Å²) in [5, 5.41) is 9.04. The van der Waals surface area contributed by atoms with E-state index in [2.05, 4.69) is 14.8 Å². The molecule has 5 saturated carbocycles. The largest absolute Gasteiger partial charge is 0.324 e. The number of nitrogens with zero attached hydrogens (tertiary/aromatic N) is 3. The van der Waals surface area contributed by atoms with E-state index in [0.717, 1.165) is 29.5 Å². The minimum Gasteiger partial charge on any atom is -0.324 e. The molecule has 0 aromatic carbocycles. The van der Waals surface area contributed by atoms with E-state index in [1.54, 1.807) is 0 Å². The van der Waals surface area contributed by atoms with Crippen LogP contribution >= 0.6 is 0 Å². The van der Waals surface area contributed by atoms with Crippen LogP contribution in [0.1, 0.15) is 68.6 Å². The first kappa shape index (κ1) is 11.7. The minimum absolute atomic E-state index is 0.538. The summed E-state index contributed by atoms with van der Waals surface area (Å²) in [6.07, 6.45) is 9.92. The van der Waals surface area contributed by atoms with Crippen LogP contribution in [0.2, 0.25) is 0 Å². The zero-order valence-electron chi connectivity index (χ0n) is 12.0. The van der Waals surface area contributed by atoms with E-state index < -0.39 is 0 Å². The molecule has 6 rings (SSSR count). The molecule has 0 aliphatic heterocycles. The topological polar surface area (TPSA) is 56.7 Å². The summed E-state index contributed by atoms with van der Waals surface area (Å²) in [7, 11) is 0. The molecular weight excluding hydrogens is 248 g/mol. The first-order valence-corrected chi connectivity index (χ1v) is 8.47. The molecule has 1 heterocycles. The zero-order valence-corrected chi connectivity index (χ0v) is 12.0. The van der Waals surface area contributed by atoms with Crippen LogP contribution in [-0.2, 0) is 6.54 Å². The van der Waals surface area contributed by atoms with Gasteiger partial charge in [0, 0.05) is 12.0 Å². The van der Waals surface area contributed by atoms with Gasteiger partial charge < -0.3 is 10.3 Å². The number of aromatic nitrogens is 3. The molecule has 4 nitrogen and oxygen atoms in total. The Labute approximate surface area is 120 Å². The smallest absolute Gasteiger partial charge is 0.147 e. The van der Waals surface area contributed by atoms with Gasteiger partial charge in [0.15, 0.2) is 0 Å². The molecule has 5 aliphatic carbocycles. The lowest BCUT2D eigenvalue weighted by Gasteiger charge is -2.54. The lowest BCUT2D eigenvalue weighted by atomic mass is 9.51. The second-order valence-electron chi connectivity index (χ2n) is 7.74. The molecule has 5 aliphatic rings. The molecule has 0 unspecified atom stereocenters. The van der Waals surface area contributed by atoms with Gasteiger partial charge in [0.05, 0.1) is 6.54 Å². The van der Waals surface area contributed by atoms with Crippen molar-refractivity contribution in [1.29, 1.82) is 0 Å². The Morgan fingerprint density at radius 3 is 2.15 bits per heavy atom. The van der Waals surface area contributed by atoms with Crippen LogP contribution in [0.5, 0.6) is 0 Å². The molecule has 0 saturated heterocycles. The van der Waals surface area contributed by atoms with Crippen LogP contribution in [-0.4, -0.2) is 14.8 Å². The van der Waals surface area contributed by atoms with Gasteiger partial charge in [0.1, 0.15) is 11.6 Å². The Morgan fingerprint density at radius 2 is 1.60 bits per heavy atom. The van der Waals surface area contributed by atoms with Gasteiger partial charge in [-0.25, -0.2) is 0 Å². The molecule has 1 aromatic rings. The van der Waals surface area contributed by atoms with Crippen LogP contribution in [0, 0.1) is 23.7 Å². The third kappa shape index (κ3) is 1.57. The summed E-state index contributed by atoms with van der Waals surface area (Å²) in [6.45, 7) is 0.538. The summed E-state index contributed by atoms with van der Waals surface area (Å²) < 4.78 is 2.44. The maximum atomic E-state index is 5.88. The molecule has 4 heteroatoms. The summed E-state index contributed by atoms with van der Waals surface area (Å²) in [6, 6.07) is 0.663. The van der Waals surface area contributed by atoms with Gasteiger partial charge >= 0.3 is 0 Å². The Balaban J connectivity index is 1.55. The molecule has 108 valence electrons. The van der Waals surface area contributed by atoms with Crippen molar-refractivity contribution in [2.45, 2.75) is 63.5 Å². The summed E-state index contributed by atoms with van der Waals surface area (Å²) in [5.74, 6) is 6.85. The molecule has 1 aromatic heterocycles. The predicted octanol–water partition coefficient (Wildman–Crippen LogP) is 2.61. The molecule has 20 heavy (non-hydrogen) atoms. The van der Waals surface area contributed by atoms with Crippen LogP contribution in [0.4, 0.5) is 0 Å². The average molecular weight is 272 g/mol. The van der Waals surface area contributed by atoms with Gasteiger partial charge in [-0.05, 0) is 68.6 Å². The van der Waals surface area contributed by atoms with Crippen molar-refractivity contribution in [3.8, 4) is 0 Å². The highest BCUT2D eigenvalue weighted by Gasteiger charge is 2.50. The highest BCUT2D eigenvalue weighted by atomic mass is 15.3. The second-order valence-corrected chi connectivity index (χ2v) is 7.74. The summed E-state index contributed by atoms with van der Waals surface area (Å²) >= 11 is 0. The maximum absolute atomic E-state index is 5.88. The molecule has 0 radical (unpaired) electrons. The first-order chi connectivity index (χ1) is 9.83. The molecule has 0 atom stereocenters. The normalized spacial score (nSPS) is 42.4. The number of nitrogens with two attached hydrogens (primary N) is 1. The van der Waals surface area contributed by atoms with Crippen molar-refractivity contribution in [1.82, 2.24) is 14.8 Å². The van der Waals surface area contributed by atoms with Crippen molar-refractivity contribution >= 4 is 0 Å².